The van der Waals surface area contributed by atoms with Crippen LogP contribution in [0.15, 0.2) is 53.9 Å². The van der Waals surface area contributed by atoms with Crippen LogP contribution in [0.4, 0.5) is 9.52 Å². The van der Waals surface area contributed by atoms with Crippen LogP contribution in [-0.2, 0) is 11.2 Å². The molecule has 0 spiro atoms. The first kappa shape index (κ1) is 15.8. The molecular formula is C19H15FN2O2S. The van der Waals surface area contributed by atoms with Gasteiger partial charge in [-0.1, -0.05) is 18.2 Å². The second-order valence-electron chi connectivity index (χ2n) is 5.85. The molecule has 1 N–H and O–H groups in total. The highest BCUT2D eigenvalue weighted by Crippen LogP contribution is 2.29. The number of ether oxygens (including phenoxy) is 1. The highest BCUT2D eigenvalue weighted by molar-refractivity contribution is 7.14. The van der Waals surface area contributed by atoms with Crippen molar-refractivity contribution >= 4 is 22.4 Å². The fourth-order valence-corrected chi connectivity index (χ4v) is 3.51. The van der Waals surface area contributed by atoms with E-state index in [0.717, 1.165) is 16.9 Å². The zero-order valence-corrected chi connectivity index (χ0v) is 14.1. The van der Waals surface area contributed by atoms with Crippen LogP contribution in [0.5, 0.6) is 5.75 Å². The Morgan fingerprint density at radius 2 is 2.00 bits per heavy atom. The summed E-state index contributed by atoms with van der Waals surface area (Å²) in [6.07, 6.45) is 0.651. The normalized spacial score (nSPS) is 16.0. The van der Waals surface area contributed by atoms with Crippen molar-refractivity contribution < 1.29 is 13.9 Å². The number of hydrogen-bond donors (Lipinski definition) is 1. The number of carbonyl (C=O) groups excluding carboxylic acids is 1. The van der Waals surface area contributed by atoms with Gasteiger partial charge in [0.15, 0.2) is 5.13 Å². The van der Waals surface area contributed by atoms with Crippen LogP contribution in [0.2, 0.25) is 0 Å². The number of nitrogens with zero attached hydrogens (tertiary/aromatic N) is 1. The molecule has 0 fully saturated rings. The molecule has 1 atom stereocenters. The maximum Gasteiger partial charge on any atom is 0.233 e. The second-order valence-corrected chi connectivity index (χ2v) is 6.71. The average molecular weight is 354 g/mol. The number of rotatable bonds is 3. The van der Waals surface area contributed by atoms with Crippen LogP contribution in [0.1, 0.15) is 5.56 Å². The summed E-state index contributed by atoms with van der Waals surface area (Å²) < 4.78 is 18.7. The van der Waals surface area contributed by atoms with Gasteiger partial charge in [0.2, 0.25) is 5.91 Å². The van der Waals surface area contributed by atoms with Gasteiger partial charge in [-0.25, -0.2) is 9.37 Å². The third-order valence-corrected chi connectivity index (χ3v) is 4.88. The van der Waals surface area contributed by atoms with Crippen LogP contribution in [0.25, 0.3) is 11.3 Å². The Kier molecular flexibility index (Phi) is 4.19. The molecule has 2 aromatic carbocycles. The molecule has 1 aliphatic rings. The Labute approximate surface area is 148 Å². The molecule has 126 valence electrons. The zero-order chi connectivity index (χ0) is 17.2. The molecule has 0 aliphatic carbocycles. The quantitative estimate of drug-likeness (QED) is 0.769. The molecule has 4 nitrogen and oxygen atoms in total. The van der Waals surface area contributed by atoms with Crippen molar-refractivity contribution in [1.82, 2.24) is 4.98 Å². The Bertz CT molecular complexity index is 908. The highest BCUT2D eigenvalue weighted by Gasteiger charge is 2.26. The first-order valence-electron chi connectivity index (χ1n) is 7.92. The van der Waals surface area contributed by atoms with E-state index in [1.165, 1.54) is 23.5 Å². The predicted molar refractivity (Wildman–Crippen MR) is 95.3 cm³/mol. The average Bonchev–Trinajstić information content (AvgIpc) is 3.10. The molecule has 0 bridgehead atoms. The molecule has 25 heavy (non-hydrogen) atoms. The summed E-state index contributed by atoms with van der Waals surface area (Å²) >= 11 is 1.35. The number of para-hydroxylation sites is 1. The molecule has 3 aromatic rings. The van der Waals surface area contributed by atoms with Gasteiger partial charge in [0.25, 0.3) is 0 Å². The van der Waals surface area contributed by atoms with Gasteiger partial charge in [-0.3, -0.25) is 4.79 Å². The van der Waals surface area contributed by atoms with Gasteiger partial charge < -0.3 is 10.1 Å². The van der Waals surface area contributed by atoms with Crippen LogP contribution < -0.4 is 10.1 Å². The molecule has 0 saturated carbocycles. The number of anilines is 1. The summed E-state index contributed by atoms with van der Waals surface area (Å²) in [6, 6.07) is 13.9. The number of hydrogen-bond acceptors (Lipinski definition) is 4. The summed E-state index contributed by atoms with van der Waals surface area (Å²) in [7, 11) is 0. The summed E-state index contributed by atoms with van der Waals surface area (Å²) in [5, 5.41) is 5.23. The van der Waals surface area contributed by atoms with Crippen molar-refractivity contribution in [1.29, 1.82) is 0 Å². The smallest absolute Gasteiger partial charge is 0.233 e. The van der Waals surface area contributed by atoms with E-state index in [1.807, 2.05) is 29.6 Å². The molecule has 2 heterocycles. The number of amides is 1. The molecule has 0 saturated heterocycles. The SMILES string of the molecule is O=C(Nc1nc(-c2ccc(F)cc2)cs1)C1COc2ccccc2C1. The van der Waals surface area contributed by atoms with E-state index in [4.69, 9.17) is 4.74 Å². The van der Waals surface area contributed by atoms with Gasteiger partial charge >= 0.3 is 0 Å². The van der Waals surface area contributed by atoms with Gasteiger partial charge in [0.05, 0.1) is 11.6 Å². The number of halogens is 1. The maximum absolute atomic E-state index is 13.0. The highest BCUT2D eigenvalue weighted by atomic mass is 32.1. The molecule has 1 aromatic heterocycles. The molecule has 0 radical (unpaired) electrons. The van der Waals surface area contributed by atoms with Crippen molar-refractivity contribution in [3.05, 3.63) is 65.3 Å². The molecular weight excluding hydrogens is 339 g/mol. The number of aromatic nitrogens is 1. The standard InChI is InChI=1S/C19H15FN2O2S/c20-15-7-5-12(6-8-15)16-11-25-19(21-16)22-18(23)14-9-13-3-1-2-4-17(13)24-10-14/h1-8,11,14H,9-10H2,(H,21,22,23). The van der Waals surface area contributed by atoms with E-state index in [0.29, 0.717) is 23.9 Å². The molecule has 1 amide bonds. The van der Waals surface area contributed by atoms with Crippen molar-refractivity contribution in [2.24, 2.45) is 5.92 Å². The molecule has 4 rings (SSSR count). The minimum absolute atomic E-state index is 0.102. The van der Waals surface area contributed by atoms with Gasteiger partial charge in [0.1, 0.15) is 18.2 Å². The van der Waals surface area contributed by atoms with Crippen LogP contribution >= 0.6 is 11.3 Å². The summed E-state index contributed by atoms with van der Waals surface area (Å²) in [4.78, 5) is 16.9. The zero-order valence-electron chi connectivity index (χ0n) is 13.2. The van der Waals surface area contributed by atoms with E-state index in [1.54, 1.807) is 12.1 Å². The third kappa shape index (κ3) is 3.39. The first-order chi connectivity index (χ1) is 12.2. The number of thiazole rings is 1. The van der Waals surface area contributed by atoms with E-state index in [-0.39, 0.29) is 17.6 Å². The Hall–Kier alpha value is -2.73. The number of benzene rings is 2. The maximum atomic E-state index is 13.0. The predicted octanol–water partition coefficient (Wildman–Crippen LogP) is 4.14. The molecule has 1 aliphatic heterocycles. The Morgan fingerprint density at radius 3 is 2.84 bits per heavy atom. The van der Waals surface area contributed by atoms with Gasteiger partial charge in [-0.2, -0.15) is 0 Å². The topological polar surface area (TPSA) is 51.2 Å². The van der Waals surface area contributed by atoms with E-state index in [2.05, 4.69) is 10.3 Å². The minimum atomic E-state index is -0.287. The van der Waals surface area contributed by atoms with Gasteiger partial charge in [0, 0.05) is 10.9 Å². The van der Waals surface area contributed by atoms with Crippen LogP contribution in [-0.4, -0.2) is 17.5 Å². The van der Waals surface area contributed by atoms with E-state index >= 15 is 0 Å². The Balaban J connectivity index is 1.44. The lowest BCUT2D eigenvalue weighted by atomic mass is 9.96. The second kappa shape index (κ2) is 6.64. The number of carbonyl (C=O) groups is 1. The lowest BCUT2D eigenvalue weighted by Crippen LogP contribution is -2.32. The van der Waals surface area contributed by atoms with E-state index < -0.39 is 0 Å². The largest absolute Gasteiger partial charge is 0.492 e. The summed E-state index contributed by atoms with van der Waals surface area (Å²) in [6.45, 7) is 0.360. The lowest BCUT2D eigenvalue weighted by molar-refractivity contribution is -0.121. The fraction of sp³-hybridized carbons (Fsp3) is 0.158. The van der Waals surface area contributed by atoms with Gasteiger partial charge in [-0.15, -0.1) is 11.3 Å². The number of fused-ring (bicyclic) bond motifs is 1. The van der Waals surface area contributed by atoms with Gasteiger partial charge in [-0.05, 0) is 42.3 Å². The molecule has 6 heteroatoms. The summed E-state index contributed by atoms with van der Waals surface area (Å²) in [5.74, 6) is 0.215. The van der Waals surface area contributed by atoms with Crippen LogP contribution in [0, 0.1) is 11.7 Å². The van der Waals surface area contributed by atoms with E-state index in [9.17, 15) is 9.18 Å². The van der Waals surface area contributed by atoms with Crippen LogP contribution in [0.3, 0.4) is 0 Å². The van der Waals surface area contributed by atoms with Crippen molar-refractivity contribution in [3.8, 4) is 17.0 Å². The monoisotopic (exact) mass is 354 g/mol. The van der Waals surface area contributed by atoms with Crippen molar-refractivity contribution in [3.63, 3.8) is 0 Å². The third-order valence-electron chi connectivity index (χ3n) is 4.12. The number of nitrogens with one attached hydrogen (secondary N) is 1. The fourth-order valence-electron chi connectivity index (χ4n) is 2.79. The minimum Gasteiger partial charge on any atom is -0.492 e. The molecule has 1 unspecified atom stereocenters. The summed E-state index contributed by atoms with van der Waals surface area (Å²) in [5.41, 5.74) is 2.57. The lowest BCUT2D eigenvalue weighted by Gasteiger charge is -2.24. The van der Waals surface area contributed by atoms with Crippen molar-refractivity contribution in [2.75, 3.05) is 11.9 Å². The Morgan fingerprint density at radius 1 is 1.20 bits per heavy atom. The first-order valence-corrected chi connectivity index (χ1v) is 8.80. The van der Waals surface area contributed by atoms with Crippen molar-refractivity contribution in [2.45, 2.75) is 6.42 Å².